The maximum atomic E-state index is 6.29. The van der Waals surface area contributed by atoms with E-state index < -0.39 is 5.54 Å². The second-order valence-corrected chi connectivity index (χ2v) is 9.75. The van der Waals surface area contributed by atoms with Crippen molar-refractivity contribution in [2.24, 2.45) is 0 Å². The van der Waals surface area contributed by atoms with E-state index in [4.69, 9.17) is 23.2 Å². The zero-order chi connectivity index (χ0) is 26.0. The van der Waals surface area contributed by atoms with Crippen LogP contribution >= 0.6 is 23.2 Å². The third-order valence-electron chi connectivity index (χ3n) is 6.75. The van der Waals surface area contributed by atoms with Crippen LogP contribution in [0.4, 0.5) is 0 Å². The Hall–Kier alpha value is -4.26. The van der Waals surface area contributed by atoms with Crippen molar-refractivity contribution in [3.8, 4) is 0 Å². The van der Waals surface area contributed by atoms with Gasteiger partial charge in [0.25, 0.3) is 0 Å². The molecule has 2 heterocycles. The average Bonchev–Trinajstić information content (AvgIpc) is 3.69. The molecule has 6 nitrogen and oxygen atoms in total. The monoisotopic (exact) mass is 536 g/mol. The molecule has 0 spiro atoms. The standard InChI is InChI=1S/C30H22Cl2N6/c31-27-14-8-23(9-15-27)29(37-20-33-18-35-37)22-6-10-25(11-7-22)30(38-21-34-19-36-38,24-4-2-1-3-5-24)26-12-16-28(32)17-13-26/h1-21,29H. The summed E-state index contributed by atoms with van der Waals surface area (Å²) in [6, 6.07) is 34.3. The summed E-state index contributed by atoms with van der Waals surface area (Å²) < 4.78 is 3.74. The Morgan fingerprint density at radius 1 is 0.553 bits per heavy atom. The van der Waals surface area contributed by atoms with Gasteiger partial charge in [0, 0.05) is 10.0 Å². The molecule has 0 aliphatic carbocycles. The molecule has 0 N–H and O–H groups in total. The van der Waals surface area contributed by atoms with E-state index in [1.54, 1.807) is 25.3 Å². The molecule has 8 heteroatoms. The highest BCUT2D eigenvalue weighted by Crippen LogP contribution is 2.41. The second-order valence-electron chi connectivity index (χ2n) is 8.87. The molecule has 0 amide bonds. The molecule has 2 unspecified atom stereocenters. The van der Waals surface area contributed by atoms with Crippen LogP contribution < -0.4 is 0 Å². The highest BCUT2D eigenvalue weighted by Gasteiger charge is 2.39. The zero-order valence-electron chi connectivity index (χ0n) is 20.1. The van der Waals surface area contributed by atoms with Crippen molar-refractivity contribution in [3.05, 3.63) is 166 Å². The van der Waals surface area contributed by atoms with Gasteiger partial charge >= 0.3 is 0 Å². The summed E-state index contributed by atoms with van der Waals surface area (Å²) in [5.41, 5.74) is 4.41. The largest absolute Gasteiger partial charge is 0.241 e. The fourth-order valence-electron chi connectivity index (χ4n) is 5.05. The van der Waals surface area contributed by atoms with E-state index in [0.29, 0.717) is 10.0 Å². The van der Waals surface area contributed by atoms with Crippen molar-refractivity contribution in [2.45, 2.75) is 11.6 Å². The molecule has 6 rings (SSSR count). The van der Waals surface area contributed by atoms with Gasteiger partial charge in [-0.1, -0.05) is 102 Å². The highest BCUT2D eigenvalue weighted by molar-refractivity contribution is 6.30. The quantitative estimate of drug-likeness (QED) is 0.214. The van der Waals surface area contributed by atoms with Gasteiger partial charge in [-0.05, 0) is 52.1 Å². The van der Waals surface area contributed by atoms with Crippen LogP contribution in [0, 0.1) is 0 Å². The Morgan fingerprint density at radius 2 is 1.05 bits per heavy atom. The van der Waals surface area contributed by atoms with Crippen LogP contribution in [-0.4, -0.2) is 29.5 Å². The lowest BCUT2D eigenvalue weighted by atomic mass is 9.76. The van der Waals surface area contributed by atoms with Gasteiger partial charge in [-0.15, -0.1) is 0 Å². The van der Waals surface area contributed by atoms with Crippen molar-refractivity contribution in [1.29, 1.82) is 0 Å². The van der Waals surface area contributed by atoms with Crippen molar-refractivity contribution in [3.63, 3.8) is 0 Å². The van der Waals surface area contributed by atoms with Crippen LogP contribution in [0.1, 0.15) is 33.9 Å². The molecular weight excluding hydrogens is 515 g/mol. The number of halogens is 2. The first-order chi connectivity index (χ1) is 18.7. The summed E-state index contributed by atoms with van der Waals surface area (Å²) in [6.07, 6.45) is 6.58. The second kappa shape index (κ2) is 10.2. The molecule has 0 saturated heterocycles. The van der Waals surface area contributed by atoms with Gasteiger partial charge in [0.15, 0.2) is 0 Å². The lowest BCUT2D eigenvalue weighted by Crippen LogP contribution is -2.38. The molecule has 0 aliphatic heterocycles. The first-order valence-corrected chi connectivity index (χ1v) is 12.8. The van der Waals surface area contributed by atoms with E-state index >= 15 is 0 Å². The Morgan fingerprint density at radius 3 is 1.61 bits per heavy atom. The van der Waals surface area contributed by atoms with E-state index in [0.717, 1.165) is 27.8 Å². The Kier molecular flexibility index (Phi) is 6.50. The predicted octanol–water partition coefficient (Wildman–Crippen LogP) is 6.65. The molecule has 0 saturated carbocycles. The van der Waals surface area contributed by atoms with Gasteiger partial charge in [0.1, 0.15) is 36.9 Å². The normalized spacial score (nSPS) is 13.6. The van der Waals surface area contributed by atoms with Gasteiger partial charge < -0.3 is 0 Å². The van der Waals surface area contributed by atoms with Crippen molar-refractivity contribution in [2.75, 3.05) is 0 Å². The van der Waals surface area contributed by atoms with Crippen LogP contribution in [0.2, 0.25) is 10.0 Å². The minimum atomic E-state index is -0.774. The van der Waals surface area contributed by atoms with Crippen molar-refractivity contribution in [1.82, 2.24) is 29.5 Å². The molecule has 0 radical (unpaired) electrons. The maximum Gasteiger partial charge on any atom is 0.139 e. The molecule has 186 valence electrons. The maximum absolute atomic E-state index is 6.29. The van der Waals surface area contributed by atoms with Crippen LogP contribution in [0.25, 0.3) is 0 Å². The number of hydrogen-bond donors (Lipinski definition) is 0. The number of aromatic nitrogens is 6. The molecule has 2 aromatic heterocycles. The fourth-order valence-corrected chi connectivity index (χ4v) is 5.30. The molecule has 2 atom stereocenters. The molecule has 6 aromatic rings. The first-order valence-electron chi connectivity index (χ1n) is 12.0. The van der Waals surface area contributed by atoms with Crippen LogP contribution in [0.15, 0.2) is 128 Å². The van der Waals surface area contributed by atoms with Crippen LogP contribution in [0.3, 0.4) is 0 Å². The van der Waals surface area contributed by atoms with E-state index in [1.807, 2.05) is 76.1 Å². The SMILES string of the molecule is Clc1ccc(C(c2ccc(C(c3ccccc3)(c3ccc(Cl)cc3)n3cncn3)cc2)n2cncn2)cc1. The fraction of sp³-hybridized carbons (Fsp3) is 0.0667. The zero-order valence-corrected chi connectivity index (χ0v) is 21.7. The number of hydrogen-bond acceptors (Lipinski definition) is 4. The first kappa shape index (κ1) is 24.1. The predicted molar refractivity (Wildman–Crippen MR) is 148 cm³/mol. The average molecular weight is 537 g/mol. The molecule has 0 aliphatic rings. The number of benzene rings is 4. The van der Waals surface area contributed by atoms with E-state index in [9.17, 15) is 0 Å². The molecule has 0 bridgehead atoms. The van der Waals surface area contributed by atoms with Gasteiger partial charge in [-0.2, -0.15) is 10.2 Å². The van der Waals surface area contributed by atoms with Gasteiger partial charge in [-0.3, -0.25) is 0 Å². The lowest BCUT2D eigenvalue weighted by Gasteiger charge is -2.36. The highest BCUT2D eigenvalue weighted by atomic mass is 35.5. The third-order valence-corrected chi connectivity index (χ3v) is 7.25. The summed E-state index contributed by atoms with van der Waals surface area (Å²) in [5, 5.41) is 10.4. The van der Waals surface area contributed by atoms with Crippen LogP contribution in [0.5, 0.6) is 0 Å². The minimum Gasteiger partial charge on any atom is -0.241 e. The summed E-state index contributed by atoms with van der Waals surface area (Å²) in [7, 11) is 0. The van der Waals surface area contributed by atoms with Crippen molar-refractivity contribution < 1.29 is 0 Å². The molecule has 0 fully saturated rings. The minimum absolute atomic E-state index is 0.170. The van der Waals surface area contributed by atoms with Gasteiger partial charge in [-0.25, -0.2) is 19.3 Å². The van der Waals surface area contributed by atoms with E-state index in [-0.39, 0.29) is 6.04 Å². The van der Waals surface area contributed by atoms with Crippen molar-refractivity contribution >= 4 is 23.2 Å². The Balaban J connectivity index is 1.55. The van der Waals surface area contributed by atoms with E-state index in [2.05, 4.69) is 56.6 Å². The van der Waals surface area contributed by atoms with Gasteiger partial charge in [0.05, 0.1) is 0 Å². The summed E-state index contributed by atoms with van der Waals surface area (Å²) in [5.74, 6) is 0. The van der Waals surface area contributed by atoms with Gasteiger partial charge in [0.2, 0.25) is 0 Å². The Bertz CT molecular complexity index is 1600. The number of rotatable bonds is 7. The summed E-state index contributed by atoms with van der Waals surface area (Å²) in [6.45, 7) is 0. The molecule has 38 heavy (non-hydrogen) atoms. The molecular formula is C30H22Cl2N6. The summed E-state index contributed by atoms with van der Waals surface area (Å²) >= 11 is 12.5. The lowest BCUT2D eigenvalue weighted by molar-refractivity contribution is 0.458. The topological polar surface area (TPSA) is 61.4 Å². The van der Waals surface area contributed by atoms with Crippen LogP contribution in [-0.2, 0) is 5.54 Å². The third kappa shape index (κ3) is 4.28. The Labute approximate surface area is 230 Å². The number of nitrogens with zero attached hydrogens (tertiary/aromatic N) is 6. The van der Waals surface area contributed by atoms with E-state index in [1.165, 1.54) is 0 Å². The smallest absolute Gasteiger partial charge is 0.139 e. The summed E-state index contributed by atoms with van der Waals surface area (Å²) in [4.78, 5) is 8.49. The molecule has 4 aromatic carbocycles.